The van der Waals surface area contributed by atoms with Gasteiger partial charge in [-0.2, -0.15) is 0 Å². The first-order valence-electron chi connectivity index (χ1n) is 10.9. The van der Waals surface area contributed by atoms with Gasteiger partial charge in [-0.3, -0.25) is 9.36 Å². The van der Waals surface area contributed by atoms with E-state index in [1.807, 2.05) is 35.8 Å². The van der Waals surface area contributed by atoms with Crippen molar-refractivity contribution >= 4 is 40.9 Å². The van der Waals surface area contributed by atoms with Crippen molar-refractivity contribution in [2.45, 2.75) is 57.0 Å². The molecule has 0 fully saturated rings. The predicted molar refractivity (Wildman–Crippen MR) is 133 cm³/mol. The van der Waals surface area contributed by atoms with Crippen LogP contribution in [0.15, 0.2) is 53.7 Å². The van der Waals surface area contributed by atoms with E-state index in [-0.39, 0.29) is 18.4 Å². The first-order chi connectivity index (χ1) is 15.5. The van der Waals surface area contributed by atoms with Crippen LogP contribution in [0.4, 0.5) is 0 Å². The van der Waals surface area contributed by atoms with E-state index in [0.29, 0.717) is 21.0 Å². The highest BCUT2D eigenvalue weighted by Crippen LogP contribution is 2.30. The number of benzene rings is 2. The Morgan fingerprint density at radius 3 is 2.59 bits per heavy atom. The summed E-state index contributed by atoms with van der Waals surface area (Å²) in [5.41, 5.74) is 1.92. The van der Waals surface area contributed by atoms with Gasteiger partial charge in [0.15, 0.2) is 11.0 Å². The van der Waals surface area contributed by atoms with E-state index in [9.17, 15) is 4.79 Å². The fourth-order valence-corrected chi connectivity index (χ4v) is 4.83. The number of amides is 1. The third-order valence-corrected chi connectivity index (χ3v) is 6.79. The Balaban J connectivity index is 1.83. The zero-order valence-electron chi connectivity index (χ0n) is 18.4. The molecule has 3 rings (SSSR count). The first kappa shape index (κ1) is 24.6. The number of thioether (sulfide) groups is 1. The summed E-state index contributed by atoms with van der Waals surface area (Å²) in [4.78, 5) is 12.7. The van der Waals surface area contributed by atoms with Crippen LogP contribution in [-0.4, -0.2) is 20.7 Å². The lowest BCUT2D eigenvalue weighted by atomic mass is 9.98. The number of nitrogens with zero attached hydrogens (tertiary/aromatic N) is 3. The van der Waals surface area contributed by atoms with Gasteiger partial charge in [0.25, 0.3) is 0 Å². The molecule has 0 radical (unpaired) electrons. The molecule has 1 unspecified atom stereocenters. The number of rotatable bonds is 11. The lowest BCUT2D eigenvalue weighted by Gasteiger charge is -2.16. The Bertz CT molecular complexity index is 1030. The molecule has 1 heterocycles. The van der Waals surface area contributed by atoms with Gasteiger partial charge in [-0.15, -0.1) is 10.2 Å². The summed E-state index contributed by atoms with van der Waals surface area (Å²) in [6.07, 6.45) is 3.84. The molecular weight excluding hydrogens is 463 g/mol. The molecule has 170 valence electrons. The quantitative estimate of drug-likeness (QED) is 0.303. The van der Waals surface area contributed by atoms with Gasteiger partial charge in [0.1, 0.15) is 0 Å². The SMILES string of the molecule is CCCCC(CC)C(=O)NCc1nnc(SCc2ccccc2)n1-c1ccc(Cl)cc1Cl. The summed E-state index contributed by atoms with van der Waals surface area (Å²) in [5.74, 6) is 1.43. The molecule has 3 aromatic rings. The van der Waals surface area contributed by atoms with Crippen LogP contribution in [0.5, 0.6) is 0 Å². The third kappa shape index (κ3) is 6.50. The molecular formula is C24H28Cl2N4OS. The molecule has 0 aliphatic carbocycles. The van der Waals surface area contributed by atoms with Crippen LogP contribution in [-0.2, 0) is 17.1 Å². The first-order valence-corrected chi connectivity index (χ1v) is 12.6. The van der Waals surface area contributed by atoms with E-state index in [0.717, 1.165) is 37.1 Å². The number of unbranched alkanes of at least 4 members (excludes halogenated alkanes) is 1. The van der Waals surface area contributed by atoms with Crippen molar-refractivity contribution in [2.75, 3.05) is 0 Å². The summed E-state index contributed by atoms with van der Waals surface area (Å²) in [6.45, 7) is 4.46. The topological polar surface area (TPSA) is 59.8 Å². The fourth-order valence-electron chi connectivity index (χ4n) is 3.42. The highest BCUT2D eigenvalue weighted by atomic mass is 35.5. The maximum absolute atomic E-state index is 12.7. The number of carbonyl (C=O) groups excluding carboxylic acids is 1. The van der Waals surface area contributed by atoms with E-state index in [1.54, 1.807) is 23.9 Å². The molecule has 1 amide bonds. The Kier molecular flexibility index (Phi) is 9.45. The molecule has 5 nitrogen and oxygen atoms in total. The molecule has 8 heteroatoms. The van der Waals surface area contributed by atoms with Gasteiger partial charge >= 0.3 is 0 Å². The molecule has 32 heavy (non-hydrogen) atoms. The van der Waals surface area contributed by atoms with E-state index in [4.69, 9.17) is 23.2 Å². The van der Waals surface area contributed by atoms with Crippen molar-refractivity contribution < 1.29 is 4.79 Å². The lowest BCUT2D eigenvalue weighted by Crippen LogP contribution is -2.31. The summed E-state index contributed by atoms with van der Waals surface area (Å²) in [7, 11) is 0. The molecule has 0 aliphatic rings. The molecule has 0 aliphatic heterocycles. The van der Waals surface area contributed by atoms with Crippen LogP contribution >= 0.6 is 35.0 Å². The molecule has 2 aromatic carbocycles. The largest absolute Gasteiger partial charge is 0.349 e. The highest BCUT2D eigenvalue weighted by molar-refractivity contribution is 7.98. The van der Waals surface area contributed by atoms with Gasteiger partial charge in [-0.1, -0.05) is 92.0 Å². The van der Waals surface area contributed by atoms with Crippen molar-refractivity contribution in [3.05, 3.63) is 70.0 Å². The second-order valence-corrected chi connectivity index (χ2v) is 9.36. The molecule has 1 aromatic heterocycles. The molecule has 1 N–H and O–H groups in total. The number of aromatic nitrogens is 3. The number of carbonyl (C=O) groups is 1. The van der Waals surface area contributed by atoms with Crippen LogP contribution in [0.1, 0.15) is 50.9 Å². The fraction of sp³-hybridized carbons (Fsp3) is 0.375. The zero-order chi connectivity index (χ0) is 22.9. The third-order valence-electron chi connectivity index (χ3n) is 5.25. The number of hydrogen-bond acceptors (Lipinski definition) is 4. The Hall–Kier alpha value is -2.02. The van der Waals surface area contributed by atoms with Gasteiger partial charge in [0, 0.05) is 16.7 Å². The van der Waals surface area contributed by atoms with Gasteiger partial charge < -0.3 is 5.32 Å². The molecule has 1 atom stereocenters. The normalized spacial score (nSPS) is 12.0. The molecule has 0 saturated carbocycles. The minimum atomic E-state index is 0.0115. The van der Waals surface area contributed by atoms with E-state index in [1.165, 1.54) is 5.56 Å². The van der Waals surface area contributed by atoms with Crippen molar-refractivity contribution in [1.29, 1.82) is 0 Å². The Morgan fingerprint density at radius 1 is 1.12 bits per heavy atom. The van der Waals surface area contributed by atoms with E-state index < -0.39 is 0 Å². The smallest absolute Gasteiger partial charge is 0.223 e. The average Bonchev–Trinajstić information content (AvgIpc) is 3.20. The predicted octanol–water partition coefficient (Wildman–Crippen LogP) is 6.70. The maximum atomic E-state index is 12.7. The van der Waals surface area contributed by atoms with Crippen LogP contribution in [0.25, 0.3) is 5.69 Å². The molecule has 0 spiro atoms. The number of hydrogen-bond donors (Lipinski definition) is 1. The Labute approximate surface area is 203 Å². The van der Waals surface area contributed by atoms with Crippen LogP contribution in [0.3, 0.4) is 0 Å². The van der Waals surface area contributed by atoms with Gasteiger partial charge in [-0.05, 0) is 36.6 Å². The second kappa shape index (κ2) is 12.3. The summed E-state index contributed by atoms with van der Waals surface area (Å²) < 4.78 is 1.90. The summed E-state index contributed by atoms with van der Waals surface area (Å²) in [5, 5.41) is 13.6. The Morgan fingerprint density at radius 2 is 1.91 bits per heavy atom. The minimum Gasteiger partial charge on any atom is -0.349 e. The standard InChI is InChI=1S/C24H28Cl2N4OS/c1-3-5-11-18(4-2)23(31)27-15-22-28-29-24(32-16-17-9-7-6-8-10-17)30(22)21-13-12-19(25)14-20(21)26/h6-10,12-14,18H,3-5,11,15-16H2,1-2H3,(H,27,31). The number of halogens is 2. The monoisotopic (exact) mass is 490 g/mol. The number of nitrogens with one attached hydrogen (secondary N) is 1. The summed E-state index contributed by atoms with van der Waals surface area (Å²) in [6, 6.07) is 15.5. The van der Waals surface area contributed by atoms with Gasteiger partial charge in [-0.25, -0.2) is 0 Å². The van der Waals surface area contributed by atoms with Gasteiger partial charge in [0.05, 0.1) is 17.3 Å². The lowest BCUT2D eigenvalue weighted by molar-refractivity contribution is -0.125. The van der Waals surface area contributed by atoms with Crippen LogP contribution in [0.2, 0.25) is 10.0 Å². The summed E-state index contributed by atoms with van der Waals surface area (Å²) >= 11 is 14.2. The van der Waals surface area contributed by atoms with Crippen LogP contribution in [0, 0.1) is 5.92 Å². The van der Waals surface area contributed by atoms with Crippen molar-refractivity contribution in [3.8, 4) is 5.69 Å². The maximum Gasteiger partial charge on any atom is 0.223 e. The van der Waals surface area contributed by atoms with Crippen LogP contribution < -0.4 is 5.32 Å². The van der Waals surface area contributed by atoms with Crippen molar-refractivity contribution in [1.82, 2.24) is 20.1 Å². The zero-order valence-corrected chi connectivity index (χ0v) is 20.7. The second-order valence-electron chi connectivity index (χ2n) is 7.57. The van der Waals surface area contributed by atoms with Gasteiger partial charge in [0.2, 0.25) is 5.91 Å². The highest BCUT2D eigenvalue weighted by Gasteiger charge is 2.20. The van der Waals surface area contributed by atoms with E-state index >= 15 is 0 Å². The molecule has 0 saturated heterocycles. The van der Waals surface area contributed by atoms with Crippen molar-refractivity contribution in [2.24, 2.45) is 5.92 Å². The average molecular weight is 491 g/mol. The molecule has 0 bridgehead atoms. The van der Waals surface area contributed by atoms with E-state index in [2.05, 4.69) is 34.6 Å². The minimum absolute atomic E-state index is 0.0115. The van der Waals surface area contributed by atoms with Crippen molar-refractivity contribution in [3.63, 3.8) is 0 Å².